The van der Waals surface area contributed by atoms with Crippen molar-refractivity contribution >= 4 is 11.9 Å². The van der Waals surface area contributed by atoms with Gasteiger partial charge in [0.2, 0.25) is 11.8 Å². The van der Waals surface area contributed by atoms with E-state index in [1.54, 1.807) is 0 Å². The number of fused-ring (bicyclic) bond motifs is 1. The number of benzene rings is 3. The largest absolute Gasteiger partial charge is 0.438 e. The molecule has 5 rings (SSSR count). The molecule has 8 heteroatoms. The Morgan fingerprint density at radius 2 is 1.84 bits per heavy atom. The highest BCUT2D eigenvalue weighted by molar-refractivity contribution is 5.94. The van der Waals surface area contributed by atoms with Gasteiger partial charge in [0.1, 0.15) is 17.4 Å². The number of carbonyl (C=O) groups is 1. The second-order valence-corrected chi connectivity index (χ2v) is 9.12. The third-order valence-electron chi connectivity index (χ3n) is 6.27. The van der Waals surface area contributed by atoms with E-state index in [4.69, 9.17) is 14.7 Å². The van der Waals surface area contributed by atoms with Crippen LogP contribution in [0.25, 0.3) is 0 Å². The minimum absolute atomic E-state index is 0.148. The van der Waals surface area contributed by atoms with Crippen LogP contribution in [-0.2, 0) is 19.5 Å². The fourth-order valence-electron chi connectivity index (χ4n) is 4.35. The molecule has 4 aromatic rings. The fourth-order valence-corrected chi connectivity index (χ4v) is 4.35. The number of nitrogens with zero attached hydrogens (tertiary/aromatic N) is 4. The Morgan fingerprint density at radius 3 is 2.59 bits per heavy atom. The van der Waals surface area contributed by atoms with Gasteiger partial charge in [-0.1, -0.05) is 42.5 Å². The molecule has 0 spiro atoms. The van der Waals surface area contributed by atoms with Crippen LogP contribution in [-0.4, -0.2) is 34.4 Å². The Kier molecular flexibility index (Phi) is 6.81. The van der Waals surface area contributed by atoms with Crippen LogP contribution < -0.4 is 9.64 Å². The number of hydrogen-bond acceptors (Lipinski definition) is 5. The molecule has 1 aliphatic rings. The summed E-state index contributed by atoms with van der Waals surface area (Å²) in [7, 11) is 1.92. The molecule has 37 heavy (non-hydrogen) atoms. The number of aromatic nitrogens is 2. The molecule has 0 N–H and O–H groups in total. The van der Waals surface area contributed by atoms with Gasteiger partial charge in [0, 0.05) is 32.6 Å². The fraction of sp³-hybridized carbons (Fsp3) is 0.207. The summed E-state index contributed by atoms with van der Waals surface area (Å²) in [5.41, 5.74) is 3.42. The van der Waals surface area contributed by atoms with E-state index in [0.717, 1.165) is 29.0 Å². The number of halogens is 2. The second-order valence-electron chi connectivity index (χ2n) is 9.12. The third-order valence-corrected chi connectivity index (χ3v) is 6.27. The molecule has 0 bridgehead atoms. The Hall–Kier alpha value is -4.33. The van der Waals surface area contributed by atoms with Crippen LogP contribution >= 0.6 is 0 Å². The molecule has 1 aliphatic heterocycles. The molecule has 0 saturated heterocycles. The van der Waals surface area contributed by atoms with Crippen LogP contribution in [0, 0.1) is 18.6 Å². The van der Waals surface area contributed by atoms with Crippen molar-refractivity contribution in [3.63, 3.8) is 0 Å². The van der Waals surface area contributed by atoms with Crippen molar-refractivity contribution < 1.29 is 18.3 Å². The van der Waals surface area contributed by atoms with Crippen molar-refractivity contribution in [3.8, 4) is 11.6 Å². The number of ether oxygens (including phenoxy) is 1. The Balaban J connectivity index is 1.48. The second kappa shape index (κ2) is 10.3. The van der Waals surface area contributed by atoms with Crippen molar-refractivity contribution in [1.29, 1.82) is 0 Å². The summed E-state index contributed by atoms with van der Waals surface area (Å²) in [5.74, 6) is -0.661. The van der Waals surface area contributed by atoms with Gasteiger partial charge in [-0.2, -0.15) is 4.98 Å². The minimum Gasteiger partial charge on any atom is -0.438 e. The molecule has 2 heterocycles. The van der Waals surface area contributed by atoms with Gasteiger partial charge in [-0.3, -0.25) is 4.79 Å². The average molecular weight is 501 g/mol. The molecule has 0 atom stereocenters. The lowest BCUT2D eigenvalue weighted by Gasteiger charge is -2.30. The van der Waals surface area contributed by atoms with Gasteiger partial charge in [-0.15, -0.1) is 0 Å². The van der Waals surface area contributed by atoms with Gasteiger partial charge in [-0.05, 0) is 42.3 Å². The molecule has 0 saturated carbocycles. The van der Waals surface area contributed by atoms with Crippen molar-refractivity contribution in [2.75, 3.05) is 18.5 Å². The standard InChI is InChI=1S/C29H26F2N4O2/c1-19-7-6-10-22(15-19)37-27-24-18-35(28(36)23-12-11-21(30)16-25(23)31)14-13-26(24)32-29(33-27)34(2)17-20-8-4-3-5-9-20/h3-12,15-16H,13-14,17-18H2,1-2H3. The Bertz CT molecular complexity index is 1450. The molecule has 6 nitrogen and oxygen atoms in total. The van der Waals surface area contributed by atoms with E-state index in [1.807, 2.05) is 73.5 Å². The molecule has 0 radical (unpaired) electrons. The maximum absolute atomic E-state index is 14.3. The van der Waals surface area contributed by atoms with Gasteiger partial charge in [0.15, 0.2) is 0 Å². The van der Waals surface area contributed by atoms with Crippen LogP contribution in [0.1, 0.15) is 32.7 Å². The van der Waals surface area contributed by atoms with Crippen molar-refractivity contribution in [2.24, 2.45) is 0 Å². The van der Waals surface area contributed by atoms with E-state index in [-0.39, 0.29) is 12.1 Å². The maximum atomic E-state index is 14.3. The predicted octanol–water partition coefficient (Wildman–Crippen LogP) is 5.69. The summed E-state index contributed by atoms with van der Waals surface area (Å²) in [6.07, 6.45) is 0.447. The van der Waals surface area contributed by atoms with E-state index >= 15 is 0 Å². The van der Waals surface area contributed by atoms with Crippen LogP contribution in [0.15, 0.2) is 72.8 Å². The highest BCUT2D eigenvalue weighted by atomic mass is 19.1. The quantitative estimate of drug-likeness (QED) is 0.340. The van der Waals surface area contributed by atoms with Crippen LogP contribution in [0.3, 0.4) is 0 Å². The van der Waals surface area contributed by atoms with Gasteiger partial charge < -0.3 is 14.5 Å². The number of amides is 1. The van der Waals surface area contributed by atoms with Crippen molar-refractivity contribution in [2.45, 2.75) is 26.4 Å². The summed E-state index contributed by atoms with van der Waals surface area (Å²) in [4.78, 5) is 26.1. The zero-order chi connectivity index (χ0) is 25.9. The molecular formula is C29H26F2N4O2. The normalized spacial score (nSPS) is 12.7. The summed E-state index contributed by atoms with van der Waals surface area (Å²) in [6.45, 7) is 3.07. The first-order valence-electron chi connectivity index (χ1n) is 12.0. The Labute approximate surface area is 214 Å². The molecular weight excluding hydrogens is 474 g/mol. The van der Waals surface area contributed by atoms with E-state index in [2.05, 4.69) is 0 Å². The van der Waals surface area contributed by atoms with E-state index in [0.29, 0.717) is 42.7 Å². The van der Waals surface area contributed by atoms with Gasteiger partial charge in [0.05, 0.1) is 23.4 Å². The van der Waals surface area contributed by atoms with Crippen LogP contribution in [0.5, 0.6) is 11.6 Å². The molecule has 3 aromatic carbocycles. The topological polar surface area (TPSA) is 58.6 Å². The smallest absolute Gasteiger partial charge is 0.257 e. The molecule has 0 aliphatic carbocycles. The molecule has 1 amide bonds. The lowest BCUT2D eigenvalue weighted by molar-refractivity contribution is 0.0727. The molecule has 0 unspecified atom stereocenters. The first-order chi connectivity index (χ1) is 17.9. The number of aryl methyl sites for hydroxylation is 1. The summed E-state index contributed by atoms with van der Waals surface area (Å²) >= 11 is 0. The lowest BCUT2D eigenvalue weighted by atomic mass is 10.0. The molecule has 188 valence electrons. The lowest BCUT2D eigenvalue weighted by Crippen LogP contribution is -2.37. The van der Waals surface area contributed by atoms with Gasteiger partial charge in [-0.25, -0.2) is 13.8 Å². The Morgan fingerprint density at radius 1 is 1.03 bits per heavy atom. The summed E-state index contributed by atoms with van der Waals surface area (Å²) in [5, 5.41) is 0. The molecule has 0 fully saturated rings. The number of hydrogen-bond donors (Lipinski definition) is 0. The van der Waals surface area contributed by atoms with E-state index < -0.39 is 17.5 Å². The summed E-state index contributed by atoms with van der Waals surface area (Å²) < 4.78 is 33.9. The highest BCUT2D eigenvalue weighted by Gasteiger charge is 2.29. The predicted molar refractivity (Wildman–Crippen MR) is 137 cm³/mol. The monoisotopic (exact) mass is 500 g/mol. The first kappa shape index (κ1) is 24.4. The molecule has 1 aromatic heterocycles. The number of anilines is 1. The number of carbonyl (C=O) groups excluding carboxylic acids is 1. The van der Waals surface area contributed by atoms with Gasteiger partial charge >= 0.3 is 0 Å². The van der Waals surface area contributed by atoms with Gasteiger partial charge in [0.25, 0.3) is 5.91 Å². The highest BCUT2D eigenvalue weighted by Crippen LogP contribution is 2.32. The van der Waals surface area contributed by atoms with Crippen LogP contribution in [0.4, 0.5) is 14.7 Å². The minimum atomic E-state index is -0.888. The zero-order valence-corrected chi connectivity index (χ0v) is 20.6. The van der Waals surface area contributed by atoms with Crippen molar-refractivity contribution in [1.82, 2.24) is 14.9 Å². The average Bonchev–Trinajstić information content (AvgIpc) is 2.88. The van der Waals surface area contributed by atoms with Crippen LogP contribution in [0.2, 0.25) is 0 Å². The zero-order valence-electron chi connectivity index (χ0n) is 20.6. The SMILES string of the molecule is Cc1cccc(Oc2nc(N(C)Cc3ccccc3)nc3c2CN(C(=O)c2ccc(F)cc2F)CC3)c1. The summed E-state index contributed by atoms with van der Waals surface area (Å²) in [6, 6.07) is 20.6. The van der Waals surface area contributed by atoms with E-state index in [9.17, 15) is 13.6 Å². The first-order valence-corrected chi connectivity index (χ1v) is 12.0. The third kappa shape index (κ3) is 5.43. The van der Waals surface area contributed by atoms with Crippen molar-refractivity contribution in [3.05, 3.63) is 112 Å². The number of rotatable bonds is 6. The maximum Gasteiger partial charge on any atom is 0.257 e. The van der Waals surface area contributed by atoms with E-state index in [1.165, 1.54) is 11.0 Å².